The normalized spacial score (nSPS) is 12.6. The Morgan fingerprint density at radius 1 is 1.50 bits per heavy atom. The van der Waals surface area contributed by atoms with Gasteiger partial charge < -0.3 is 11.1 Å². The van der Waals surface area contributed by atoms with Crippen molar-refractivity contribution in [2.75, 3.05) is 5.32 Å². The van der Waals surface area contributed by atoms with Gasteiger partial charge in [0.25, 0.3) is 0 Å². The van der Waals surface area contributed by atoms with Gasteiger partial charge in [-0.25, -0.2) is 4.39 Å². The lowest BCUT2D eigenvalue weighted by Gasteiger charge is -2.15. The Labute approximate surface area is 102 Å². The van der Waals surface area contributed by atoms with Crippen molar-refractivity contribution in [3.05, 3.63) is 28.5 Å². The summed E-state index contributed by atoms with van der Waals surface area (Å²) in [4.78, 5) is 11.6. The molecule has 0 heterocycles. The number of carbonyl (C=O) groups is 1. The first-order valence-electron chi connectivity index (χ1n) is 4.93. The van der Waals surface area contributed by atoms with Gasteiger partial charge in [0, 0.05) is 4.47 Å². The van der Waals surface area contributed by atoms with E-state index in [1.54, 1.807) is 6.07 Å². The molecule has 0 aromatic heterocycles. The maximum absolute atomic E-state index is 13.4. The Morgan fingerprint density at radius 3 is 2.62 bits per heavy atom. The van der Waals surface area contributed by atoms with E-state index >= 15 is 0 Å². The zero-order chi connectivity index (χ0) is 12.3. The van der Waals surface area contributed by atoms with Crippen molar-refractivity contribution in [2.24, 2.45) is 11.7 Å². The number of carbonyl (C=O) groups excluding carboxylic acids is 1. The van der Waals surface area contributed by atoms with Crippen molar-refractivity contribution in [1.82, 2.24) is 0 Å². The molecular weight excluding hydrogens is 275 g/mol. The molecule has 1 aromatic rings. The molecule has 0 aliphatic heterocycles. The molecule has 0 aliphatic rings. The van der Waals surface area contributed by atoms with Crippen LogP contribution in [-0.4, -0.2) is 11.9 Å². The number of nitrogens with one attached hydrogen (secondary N) is 1. The van der Waals surface area contributed by atoms with Crippen molar-refractivity contribution in [1.29, 1.82) is 0 Å². The molecule has 3 N–H and O–H groups in total. The molecule has 0 saturated carbocycles. The zero-order valence-corrected chi connectivity index (χ0v) is 10.7. The Morgan fingerprint density at radius 2 is 2.12 bits per heavy atom. The molecule has 1 atom stereocenters. The third-order valence-corrected chi connectivity index (χ3v) is 2.70. The van der Waals surface area contributed by atoms with Crippen LogP contribution < -0.4 is 11.1 Å². The average Bonchev–Trinajstić information content (AvgIpc) is 2.20. The lowest BCUT2D eigenvalue weighted by Crippen LogP contribution is -2.39. The van der Waals surface area contributed by atoms with Gasteiger partial charge in [0.15, 0.2) is 0 Å². The van der Waals surface area contributed by atoms with Gasteiger partial charge in [-0.1, -0.05) is 29.8 Å². The van der Waals surface area contributed by atoms with Gasteiger partial charge in [0.1, 0.15) is 5.82 Å². The molecule has 0 bridgehead atoms. The largest absolute Gasteiger partial charge is 0.322 e. The summed E-state index contributed by atoms with van der Waals surface area (Å²) in [5.74, 6) is -0.853. The van der Waals surface area contributed by atoms with Crippen LogP contribution in [0, 0.1) is 11.7 Å². The maximum atomic E-state index is 13.4. The molecule has 0 spiro atoms. The van der Waals surface area contributed by atoms with Gasteiger partial charge in [-0.15, -0.1) is 0 Å². The number of hydrogen-bond acceptors (Lipinski definition) is 2. The standard InChI is InChI=1S/C11H14BrFN2O/c1-6(2)10(14)11(16)15-9-4-3-7(12)5-8(9)13/h3-6,10H,14H2,1-2H3,(H,15,16). The van der Waals surface area contributed by atoms with Crippen LogP contribution in [0.2, 0.25) is 0 Å². The minimum Gasteiger partial charge on any atom is -0.322 e. The summed E-state index contributed by atoms with van der Waals surface area (Å²) in [6.07, 6.45) is 0. The molecular formula is C11H14BrFN2O. The maximum Gasteiger partial charge on any atom is 0.241 e. The summed E-state index contributed by atoms with van der Waals surface area (Å²) in [6, 6.07) is 3.79. The highest BCUT2D eigenvalue weighted by Gasteiger charge is 2.18. The molecule has 5 heteroatoms. The number of hydrogen-bond donors (Lipinski definition) is 2. The van der Waals surface area contributed by atoms with E-state index in [0.29, 0.717) is 4.47 Å². The van der Waals surface area contributed by atoms with Crippen LogP contribution in [0.25, 0.3) is 0 Å². The summed E-state index contributed by atoms with van der Waals surface area (Å²) >= 11 is 3.14. The lowest BCUT2D eigenvalue weighted by atomic mass is 10.0. The highest BCUT2D eigenvalue weighted by Crippen LogP contribution is 2.19. The molecule has 0 fully saturated rings. The quantitative estimate of drug-likeness (QED) is 0.898. The zero-order valence-electron chi connectivity index (χ0n) is 9.13. The van der Waals surface area contributed by atoms with Crippen molar-refractivity contribution in [3.8, 4) is 0 Å². The Balaban J connectivity index is 2.77. The van der Waals surface area contributed by atoms with Crippen LogP contribution in [-0.2, 0) is 4.79 Å². The van der Waals surface area contributed by atoms with Gasteiger partial charge >= 0.3 is 0 Å². The number of rotatable bonds is 3. The van der Waals surface area contributed by atoms with E-state index < -0.39 is 11.9 Å². The summed E-state index contributed by atoms with van der Waals surface area (Å²) in [7, 11) is 0. The van der Waals surface area contributed by atoms with E-state index in [2.05, 4.69) is 21.2 Å². The molecule has 0 radical (unpaired) electrons. The van der Waals surface area contributed by atoms with Crippen LogP contribution in [0.4, 0.5) is 10.1 Å². The molecule has 1 aromatic carbocycles. The molecule has 0 saturated heterocycles. The van der Waals surface area contributed by atoms with Crippen molar-refractivity contribution >= 4 is 27.5 Å². The number of amides is 1. The monoisotopic (exact) mass is 288 g/mol. The van der Waals surface area contributed by atoms with Crippen LogP contribution in [0.15, 0.2) is 22.7 Å². The van der Waals surface area contributed by atoms with E-state index in [4.69, 9.17) is 5.73 Å². The highest BCUT2D eigenvalue weighted by molar-refractivity contribution is 9.10. The predicted molar refractivity (Wildman–Crippen MR) is 65.5 cm³/mol. The van der Waals surface area contributed by atoms with E-state index in [1.165, 1.54) is 12.1 Å². The fourth-order valence-corrected chi connectivity index (χ4v) is 1.44. The fourth-order valence-electron chi connectivity index (χ4n) is 1.11. The van der Waals surface area contributed by atoms with Gasteiger partial charge in [-0.3, -0.25) is 4.79 Å². The summed E-state index contributed by atoms with van der Waals surface area (Å²) < 4.78 is 14.0. The third kappa shape index (κ3) is 3.28. The van der Waals surface area contributed by atoms with Gasteiger partial charge in [-0.05, 0) is 24.1 Å². The molecule has 1 rings (SSSR count). The molecule has 1 unspecified atom stereocenters. The smallest absolute Gasteiger partial charge is 0.241 e. The van der Waals surface area contributed by atoms with Crippen molar-refractivity contribution < 1.29 is 9.18 Å². The first kappa shape index (κ1) is 13.1. The van der Waals surface area contributed by atoms with Crippen molar-refractivity contribution in [2.45, 2.75) is 19.9 Å². The van der Waals surface area contributed by atoms with E-state index in [1.807, 2.05) is 13.8 Å². The minimum atomic E-state index is -0.636. The second-order valence-corrected chi connectivity index (χ2v) is 4.80. The van der Waals surface area contributed by atoms with Gasteiger partial charge in [0.2, 0.25) is 5.91 Å². The van der Waals surface area contributed by atoms with E-state index in [0.717, 1.165) is 0 Å². The first-order valence-corrected chi connectivity index (χ1v) is 5.72. The van der Waals surface area contributed by atoms with Crippen LogP contribution in [0.1, 0.15) is 13.8 Å². The van der Waals surface area contributed by atoms with Gasteiger partial charge in [0.05, 0.1) is 11.7 Å². The van der Waals surface area contributed by atoms with Crippen LogP contribution in [0.5, 0.6) is 0 Å². The first-order chi connectivity index (χ1) is 7.41. The van der Waals surface area contributed by atoms with E-state index in [-0.39, 0.29) is 17.5 Å². The van der Waals surface area contributed by atoms with Crippen molar-refractivity contribution in [3.63, 3.8) is 0 Å². The number of nitrogens with two attached hydrogens (primary N) is 1. The highest BCUT2D eigenvalue weighted by atomic mass is 79.9. The van der Waals surface area contributed by atoms with E-state index in [9.17, 15) is 9.18 Å². The third-order valence-electron chi connectivity index (χ3n) is 2.21. The summed E-state index contributed by atoms with van der Waals surface area (Å²) in [6.45, 7) is 3.67. The Hall–Kier alpha value is -0.940. The average molecular weight is 289 g/mol. The van der Waals surface area contributed by atoms with Gasteiger partial charge in [-0.2, -0.15) is 0 Å². The number of anilines is 1. The molecule has 88 valence electrons. The molecule has 1 amide bonds. The lowest BCUT2D eigenvalue weighted by molar-refractivity contribution is -0.118. The number of halogens is 2. The molecule has 0 aliphatic carbocycles. The molecule has 16 heavy (non-hydrogen) atoms. The van der Waals surface area contributed by atoms with Crippen LogP contribution >= 0.6 is 15.9 Å². The summed E-state index contributed by atoms with van der Waals surface area (Å²) in [5, 5.41) is 2.46. The predicted octanol–water partition coefficient (Wildman–Crippen LogP) is 2.51. The second-order valence-electron chi connectivity index (χ2n) is 3.88. The fraction of sp³-hybridized carbons (Fsp3) is 0.364. The van der Waals surface area contributed by atoms with Crippen LogP contribution in [0.3, 0.4) is 0 Å². The Bertz CT molecular complexity index is 396. The molecule has 3 nitrogen and oxygen atoms in total. The Kier molecular flexibility index (Phi) is 4.44. The topological polar surface area (TPSA) is 55.1 Å². The minimum absolute atomic E-state index is 0.0125. The second kappa shape index (κ2) is 5.41. The SMILES string of the molecule is CC(C)C(N)C(=O)Nc1ccc(Br)cc1F. The summed E-state index contributed by atoms with van der Waals surface area (Å²) in [5.41, 5.74) is 5.79. The number of benzene rings is 1.